The third kappa shape index (κ3) is 3.54. The molecular weight excluding hydrogens is 202 g/mol. The summed E-state index contributed by atoms with van der Waals surface area (Å²) in [6, 6.07) is 8.93. The van der Waals surface area contributed by atoms with Crippen molar-refractivity contribution in [2.45, 2.75) is 32.2 Å². The van der Waals surface area contributed by atoms with Crippen LogP contribution in [0, 0.1) is 0 Å². The third-order valence-electron chi connectivity index (χ3n) is 2.89. The van der Waals surface area contributed by atoms with Crippen LogP contribution in [0.4, 0.5) is 0 Å². The number of hydrogen-bond donors (Lipinski definition) is 1. The van der Waals surface area contributed by atoms with Crippen molar-refractivity contribution < 1.29 is 0 Å². The minimum atomic E-state index is 0.172. The Morgan fingerprint density at radius 2 is 1.73 bits per heavy atom. The van der Waals surface area contributed by atoms with E-state index < -0.39 is 0 Å². The molecule has 1 aromatic rings. The molecule has 0 aliphatic carbocycles. The van der Waals surface area contributed by atoms with Crippen LogP contribution in [0.3, 0.4) is 0 Å². The monoisotopic (exact) mass is 223 g/mol. The average Bonchev–Trinajstić information content (AvgIpc) is 2.28. The topological polar surface area (TPSA) is 26.0 Å². The molecule has 0 spiro atoms. The fourth-order valence-corrected chi connectivity index (χ4v) is 2.13. The Morgan fingerprint density at radius 3 is 2.20 bits per heavy atom. The Balaban J connectivity index is 2.71. The second kappa shape index (κ2) is 6.19. The quantitative estimate of drug-likeness (QED) is 0.826. The molecule has 0 bridgehead atoms. The van der Waals surface area contributed by atoms with Crippen molar-refractivity contribution in [3.63, 3.8) is 0 Å². The lowest BCUT2D eigenvalue weighted by Crippen LogP contribution is -2.12. The Morgan fingerprint density at radius 1 is 1.20 bits per heavy atom. The number of benzene rings is 1. The summed E-state index contributed by atoms with van der Waals surface area (Å²) in [4.78, 5) is 0. The molecular formula is C13H21NS. The van der Waals surface area contributed by atoms with Crippen LogP contribution in [0.5, 0.6) is 0 Å². The number of nitrogens with two attached hydrogens (primary N) is 1. The Bertz CT molecular complexity index is 281. The van der Waals surface area contributed by atoms with Gasteiger partial charge in [0.2, 0.25) is 0 Å². The molecule has 84 valence electrons. The van der Waals surface area contributed by atoms with E-state index in [1.807, 2.05) is 0 Å². The summed E-state index contributed by atoms with van der Waals surface area (Å²) in [5.74, 6) is 1.64. The smallest absolute Gasteiger partial charge is 0.0386 e. The minimum absolute atomic E-state index is 0.172. The van der Waals surface area contributed by atoms with E-state index in [0.717, 1.165) is 5.75 Å². The SMILES string of the molecule is CCC(C)c1ccc(C(N)CSC)cc1. The van der Waals surface area contributed by atoms with Crippen molar-refractivity contribution in [1.82, 2.24) is 0 Å². The first-order valence-electron chi connectivity index (χ1n) is 5.53. The highest BCUT2D eigenvalue weighted by atomic mass is 32.2. The molecule has 0 aliphatic rings. The van der Waals surface area contributed by atoms with Gasteiger partial charge in [-0.05, 0) is 29.7 Å². The maximum atomic E-state index is 6.04. The Hall–Kier alpha value is -0.470. The summed E-state index contributed by atoms with van der Waals surface area (Å²) in [6.45, 7) is 4.48. The maximum Gasteiger partial charge on any atom is 0.0386 e. The molecule has 1 nitrogen and oxygen atoms in total. The zero-order chi connectivity index (χ0) is 11.3. The number of rotatable bonds is 5. The van der Waals surface area contributed by atoms with E-state index in [1.165, 1.54) is 17.5 Å². The summed E-state index contributed by atoms with van der Waals surface area (Å²) < 4.78 is 0. The van der Waals surface area contributed by atoms with Gasteiger partial charge in [0.15, 0.2) is 0 Å². The average molecular weight is 223 g/mol. The van der Waals surface area contributed by atoms with Crippen LogP contribution >= 0.6 is 11.8 Å². The molecule has 0 saturated heterocycles. The third-order valence-corrected chi connectivity index (χ3v) is 3.58. The number of hydrogen-bond acceptors (Lipinski definition) is 2. The molecule has 1 aromatic carbocycles. The largest absolute Gasteiger partial charge is 0.323 e. The normalized spacial score (nSPS) is 14.9. The molecule has 2 heteroatoms. The molecule has 15 heavy (non-hydrogen) atoms. The van der Waals surface area contributed by atoms with E-state index in [4.69, 9.17) is 5.73 Å². The van der Waals surface area contributed by atoms with Crippen LogP contribution in [-0.2, 0) is 0 Å². The van der Waals surface area contributed by atoms with Crippen LogP contribution in [0.15, 0.2) is 24.3 Å². The highest BCUT2D eigenvalue weighted by molar-refractivity contribution is 7.98. The second-order valence-corrected chi connectivity index (χ2v) is 4.95. The molecule has 2 unspecified atom stereocenters. The van der Waals surface area contributed by atoms with E-state index in [2.05, 4.69) is 44.4 Å². The molecule has 0 amide bonds. The van der Waals surface area contributed by atoms with Crippen molar-refractivity contribution in [2.75, 3.05) is 12.0 Å². The van der Waals surface area contributed by atoms with Crippen molar-refractivity contribution in [2.24, 2.45) is 5.73 Å². The van der Waals surface area contributed by atoms with Gasteiger partial charge in [0.05, 0.1) is 0 Å². The van der Waals surface area contributed by atoms with Gasteiger partial charge in [-0.3, -0.25) is 0 Å². The summed E-state index contributed by atoms with van der Waals surface area (Å²) >= 11 is 1.79. The summed E-state index contributed by atoms with van der Waals surface area (Å²) in [6.07, 6.45) is 3.28. The fourth-order valence-electron chi connectivity index (χ4n) is 1.58. The lowest BCUT2D eigenvalue weighted by Gasteiger charge is -2.13. The zero-order valence-electron chi connectivity index (χ0n) is 9.86. The first-order valence-corrected chi connectivity index (χ1v) is 6.92. The highest BCUT2D eigenvalue weighted by Crippen LogP contribution is 2.21. The van der Waals surface area contributed by atoms with Crippen molar-refractivity contribution in [1.29, 1.82) is 0 Å². The minimum Gasteiger partial charge on any atom is -0.323 e. The van der Waals surface area contributed by atoms with Gasteiger partial charge >= 0.3 is 0 Å². The van der Waals surface area contributed by atoms with Crippen LogP contribution in [0.2, 0.25) is 0 Å². The Labute approximate surface area is 97.4 Å². The summed E-state index contributed by atoms with van der Waals surface area (Å²) in [5.41, 5.74) is 8.70. The zero-order valence-corrected chi connectivity index (χ0v) is 10.7. The van der Waals surface area contributed by atoms with Gasteiger partial charge in [-0.25, -0.2) is 0 Å². The second-order valence-electron chi connectivity index (χ2n) is 4.04. The van der Waals surface area contributed by atoms with E-state index >= 15 is 0 Å². The maximum absolute atomic E-state index is 6.04. The van der Waals surface area contributed by atoms with Gasteiger partial charge in [-0.2, -0.15) is 11.8 Å². The van der Waals surface area contributed by atoms with Gasteiger partial charge < -0.3 is 5.73 Å². The molecule has 0 heterocycles. The van der Waals surface area contributed by atoms with E-state index in [0.29, 0.717) is 5.92 Å². The molecule has 0 aromatic heterocycles. The number of thioether (sulfide) groups is 1. The molecule has 0 aliphatic heterocycles. The Kier molecular flexibility index (Phi) is 5.20. The summed E-state index contributed by atoms with van der Waals surface area (Å²) in [7, 11) is 0. The van der Waals surface area contributed by atoms with Crippen LogP contribution in [0.25, 0.3) is 0 Å². The van der Waals surface area contributed by atoms with E-state index in [9.17, 15) is 0 Å². The molecule has 2 N–H and O–H groups in total. The molecule has 0 fully saturated rings. The van der Waals surface area contributed by atoms with Gasteiger partial charge in [0.25, 0.3) is 0 Å². The van der Waals surface area contributed by atoms with E-state index in [1.54, 1.807) is 11.8 Å². The van der Waals surface area contributed by atoms with Gasteiger partial charge in [-0.15, -0.1) is 0 Å². The van der Waals surface area contributed by atoms with Gasteiger partial charge in [0, 0.05) is 11.8 Å². The fraction of sp³-hybridized carbons (Fsp3) is 0.538. The molecule has 0 radical (unpaired) electrons. The van der Waals surface area contributed by atoms with Crippen molar-refractivity contribution in [3.05, 3.63) is 35.4 Å². The van der Waals surface area contributed by atoms with Crippen molar-refractivity contribution in [3.8, 4) is 0 Å². The molecule has 0 saturated carbocycles. The molecule has 1 rings (SSSR count). The first kappa shape index (κ1) is 12.6. The van der Waals surface area contributed by atoms with Crippen LogP contribution in [-0.4, -0.2) is 12.0 Å². The lowest BCUT2D eigenvalue weighted by atomic mass is 9.96. The summed E-state index contributed by atoms with van der Waals surface area (Å²) in [5, 5.41) is 0. The predicted molar refractivity (Wildman–Crippen MR) is 70.5 cm³/mol. The standard InChI is InChI=1S/C13H21NS/c1-4-10(2)11-5-7-12(8-6-11)13(14)9-15-3/h5-8,10,13H,4,9,14H2,1-3H3. The lowest BCUT2D eigenvalue weighted by molar-refractivity contribution is 0.731. The first-order chi connectivity index (χ1) is 7.19. The predicted octanol–water partition coefficient (Wildman–Crippen LogP) is 3.56. The van der Waals surface area contributed by atoms with Gasteiger partial charge in [0.1, 0.15) is 0 Å². The molecule has 2 atom stereocenters. The van der Waals surface area contributed by atoms with E-state index in [-0.39, 0.29) is 6.04 Å². The van der Waals surface area contributed by atoms with Crippen LogP contribution < -0.4 is 5.73 Å². The highest BCUT2D eigenvalue weighted by Gasteiger charge is 2.06. The van der Waals surface area contributed by atoms with Gasteiger partial charge in [-0.1, -0.05) is 38.1 Å². The van der Waals surface area contributed by atoms with Crippen molar-refractivity contribution >= 4 is 11.8 Å². The van der Waals surface area contributed by atoms with Crippen LogP contribution in [0.1, 0.15) is 43.4 Å².